The fourth-order valence-electron chi connectivity index (χ4n) is 1.86. The van der Waals surface area contributed by atoms with Gasteiger partial charge in [-0.15, -0.1) is 0 Å². The number of nitrogens with zero attached hydrogens (tertiary/aromatic N) is 1. The van der Waals surface area contributed by atoms with Gasteiger partial charge < -0.3 is 9.30 Å². The van der Waals surface area contributed by atoms with Crippen LogP contribution in [0, 0.1) is 0 Å². The molecule has 2 rings (SSSR count). The molecule has 0 radical (unpaired) electrons. The Balaban J connectivity index is 2.01. The molecule has 0 unspecified atom stereocenters. The minimum atomic E-state index is -0.493. The molecule has 1 N–H and O–H groups in total. The zero-order chi connectivity index (χ0) is 14.6. The van der Waals surface area contributed by atoms with Gasteiger partial charge in [-0.25, -0.2) is 4.79 Å². The number of hydrogen-bond donors (Lipinski definition) is 1. The minimum Gasteiger partial charge on any atom is -0.444 e. The van der Waals surface area contributed by atoms with Crippen molar-refractivity contribution in [1.82, 2.24) is 4.57 Å². The molecule has 0 saturated carbocycles. The van der Waals surface area contributed by atoms with Gasteiger partial charge >= 0.3 is 6.09 Å². The van der Waals surface area contributed by atoms with E-state index in [1.807, 2.05) is 69.6 Å². The lowest BCUT2D eigenvalue weighted by atomic mass is 10.2. The second kappa shape index (κ2) is 5.82. The SMILES string of the molecule is CC(C)(C)OC(=O)Nc1cccc(Cn2cccc2)c1. The van der Waals surface area contributed by atoms with E-state index in [-0.39, 0.29) is 0 Å². The number of nitrogens with one attached hydrogen (secondary N) is 1. The molecule has 0 aliphatic carbocycles. The molecule has 0 aliphatic rings. The lowest BCUT2D eigenvalue weighted by Crippen LogP contribution is -2.27. The van der Waals surface area contributed by atoms with Gasteiger partial charge in [-0.3, -0.25) is 5.32 Å². The van der Waals surface area contributed by atoms with Crippen LogP contribution in [0.4, 0.5) is 10.5 Å². The Labute approximate surface area is 119 Å². The van der Waals surface area contributed by atoms with Crippen LogP contribution < -0.4 is 5.32 Å². The second-order valence-electron chi connectivity index (χ2n) is 5.68. The Morgan fingerprint density at radius 3 is 2.55 bits per heavy atom. The smallest absolute Gasteiger partial charge is 0.412 e. The molecule has 1 aromatic heterocycles. The average Bonchev–Trinajstić information content (AvgIpc) is 2.79. The van der Waals surface area contributed by atoms with Crippen LogP contribution in [-0.4, -0.2) is 16.3 Å². The second-order valence-corrected chi connectivity index (χ2v) is 5.68. The van der Waals surface area contributed by atoms with Gasteiger partial charge in [0.25, 0.3) is 0 Å². The van der Waals surface area contributed by atoms with Gasteiger partial charge in [-0.2, -0.15) is 0 Å². The maximum absolute atomic E-state index is 11.7. The molecule has 0 bridgehead atoms. The molecular weight excluding hydrogens is 252 g/mol. The number of aromatic nitrogens is 1. The van der Waals surface area contributed by atoms with Crippen molar-refractivity contribution in [2.75, 3.05) is 5.32 Å². The fraction of sp³-hybridized carbons (Fsp3) is 0.312. The van der Waals surface area contributed by atoms with E-state index in [0.29, 0.717) is 0 Å². The highest BCUT2D eigenvalue weighted by Gasteiger charge is 2.16. The first-order valence-electron chi connectivity index (χ1n) is 6.62. The summed E-state index contributed by atoms with van der Waals surface area (Å²) < 4.78 is 7.31. The molecule has 106 valence electrons. The Morgan fingerprint density at radius 2 is 1.90 bits per heavy atom. The largest absolute Gasteiger partial charge is 0.444 e. The van der Waals surface area contributed by atoms with Crippen LogP contribution in [0.15, 0.2) is 48.8 Å². The van der Waals surface area contributed by atoms with Crippen LogP contribution in [0.1, 0.15) is 26.3 Å². The topological polar surface area (TPSA) is 43.3 Å². The van der Waals surface area contributed by atoms with E-state index in [0.717, 1.165) is 17.8 Å². The highest BCUT2D eigenvalue weighted by Crippen LogP contribution is 2.14. The van der Waals surface area contributed by atoms with Gasteiger partial charge in [-0.05, 0) is 50.6 Å². The highest BCUT2D eigenvalue weighted by atomic mass is 16.6. The number of carbonyl (C=O) groups excluding carboxylic acids is 1. The molecule has 1 aromatic carbocycles. The predicted molar refractivity (Wildman–Crippen MR) is 79.8 cm³/mol. The van der Waals surface area contributed by atoms with Crippen molar-refractivity contribution in [2.24, 2.45) is 0 Å². The maximum atomic E-state index is 11.7. The molecule has 4 heteroatoms. The summed E-state index contributed by atoms with van der Waals surface area (Å²) in [5, 5.41) is 2.75. The number of rotatable bonds is 3. The Hall–Kier alpha value is -2.23. The third kappa shape index (κ3) is 4.46. The predicted octanol–water partition coefficient (Wildman–Crippen LogP) is 3.88. The van der Waals surface area contributed by atoms with Gasteiger partial charge in [-0.1, -0.05) is 12.1 Å². The van der Waals surface area contributed by atoms with Crippen molar-refractivity contribution in [3.63, 3.8) is 0 Å². The first-order valence-corrected chi connectivity index (χ1v) is 6.62. The van der Waals surface area contributed by atoms with Gasteiger partial charge in [0.15, 0.2) is 0 Å². The summed E-state index contributed by atoms with van der Waals surface area (Å²) in [6, 6.07) is 11.7. The number of ether oxygens (including phenoxy) is 1. The standard InChI is InChI=1S/C16H20N2O2/c1-16(2,3)20-15(19)17-14-8-6-7-13(11-14)12-18-9-4-5-10-18/h4-11H,12H2,1-3H3,(H,17,19). The van der Waals surface area contributed by atoms with Crippen LogP contribution >= 0.6 is 0 Å². The zero-order valence-corrected chi connectivity index (χ0v) is 12.1. The minimum absolute atomic E-state index is 0.435. The van der Waals surface area contributed by atoms with Gasteiger partial charge in [0.1, 0.15) is 5.60 Å². The quantitative estimate of drug-likeness (QED) is 0.921. The van der Waals surface area contributed by atoms with Crippen LogP contribution in [0.2, 0.25) is 0 Å². The third-order valence-electron chi connectivity index (χ3n) is 2.60. The Bertz CT molecular complexity index is 568. The molecule has 1 amide bonds. The van der Waals surface area contributed by atoms with Crippen LogP contribution in [0.3, 0.4) is 0 Å². The summed E-state index contributed by atoms with van der Waals surface area (Å²) in [4.78, 5) is 11.7. The molecular formula is C16H20N2O2. The summed E-state index contributed by atoms with van der Waals surface area (Å²) in [5.41, 5.74) is 1.37. The number of amides is 1. The van der Waals surface area contributed by atoms with Crippen molar-refractivity contribution in [1.29, 1.82) is 0 Å². The van der Waals surface area contributed by atoms with Gasteiger partial charge in [0.2, 0.25) is 0 Å². The average molecular weight is 272 g/mol. The summed E-state index contributed by atoms with van der Waals surface area (Å²) in [6.07, 6.45) is 3.58. The van der Waals surface area contributed by atoms with E-state index in [1.54, 1.807) is 0 Å². The molecule has 0 fully saturated rings. The van der Waals surface area contributed by atoms with E-state index in [2.05, 4.69) is 9.88 Å². The van der Waals surface area contributed by atoms with Crippen molar-refractivity contribution < 1.29 is 9.53 Å². The van der Waals surface area contributed by atoms with E-state index >= 15 is 0 Å². The molecule has 1 heterocycles. The Kier molecular flexibility index (Phi) is 4.13. The molecule has 0 atom stereocenters. The lowest BCUT2D eigenvalue weighted by molar-refractivity contribution is 0.0636. The van der Waals surface area contributed by atoms with Gasteiger partial charge in [0.05, 0.1) is 0 Å². The van der Waals surface area contributed by atoms with E-state index in [1.165, 1.54) is 0 Å². The third-order valence-corrected chi connectivity index (χ3v) is 2.60. The molecule has 4 nitrogen and oxygen atoms in total. The normalized spacial score (nSPS) is 11.2. The highest BCUT2D eigenvalue weighted by molar-refractivity contribution is 5.84. The van der Waals surface area contributed by atoms with Gasteiger partial charge in [0, 0.05) is 24.6 Å². The monoisotopic (exact) mass is 272 g/mol. The number of anilines is 1. The molecule has 2 aromatic rings. The Morgan fingerprint density at radius 1 is 1.20 bits per heavy atom. The first-order chi connectivity index (χ1) is 9.42. The summed E-state index contributed by atoms with van der Waals surface area (Å²) in [7, 11) is 0. The van der Waals surface area contributed by atoms with Crippen LogP contribution in [0.25, 0.3) is 0 Å². The fourth-order valence-corrected chi connectivity index (χ4v) is 1.86. The zero-order valence-electron chi connectivity index (χ0n) is 12.1. The summed E-state index contributed by atoms with van der Waals surface area (Å²) in [5.74, 6) is 0. The van der Waals surface area contributed by atoms with E-state index in [9.17, 15) is 4.79 Å². The number of hydrogen-bond acceptors (Lipinski definition) is 2. The van der Waals surface area contributed by atoms with Crippen LogP contribution in [-0.2, 0) is 11.3 Å². The molecule has 0 saturated heterocycles. The first kappa shape index (κ1) is 14.2. The van der Waals surface area contributed by atoms with E-state index in [4.69, 9.17) is 4.74 Å². The van der Waals surface area contributed by atoms with E-state index < -0.39 is 11.7 Å². The van der Waals surface area contributed by atoms with Crippen molar-refractivity contribution in [2.45, 2.75) is 32.9 Å². The summed E-state index contributed by atoms with van der Waals surface area (Å²) in [6.45, 7) is 6.30. The molecule has 0 spiro atoms. The van der Waals surface area contributed by atoms with Crippen LogP contribution in [0.5, 0.6) is 0 Å². The number of carbonyl (C=O) groups is 1. The maximum Gasteiger partial charge on any atom is 0.412 e. The summed E-state index contributed by atoms with van der Waals surface area (Å²) >= 11 is 0. The van der Waals surface area contributed by atoms with Crippen molar-refractivity contribution >= 4 is 11.8 Å². The molecule has 20 heavy (non-hydrogen) atoms. The van der Waals surface area contributed by atoms with Crippen molar-refractivity contribution in [3.05, 3.63) is 54.4 Å². The van der Waals surface area contributed by atoms with Crippen molar-refractivity contribution in [3.8, 4) is 0 Å². The lowest BCUT2D eigenvalue weighted by Gasteiger charge is -2.19. The molecule has 0 aliphatic heterocycles. The number of benzene rings is 1.